The zero-order valence-corrected chi connectivity index (χ0v) is 10.8. The number of amides is 1. The number of ether oxygens (including phenoxy) is 2. The van der Waals surface area contributed by atoms with Gasteiger partial charge < -0.3 is 14.4 Å². The Hall–Kier alpha value is -2.04. The van der Waals surface area contributed by atoms with Gasteiger partial charge in [0.1, 0.15) is 6.61 Å². The van der Waals surface area contributed by atoms with Gasteiger partial charge in [0.05, 0.1) is 19.2 Å². The van der Waals surface area contributed by atoms with Crippen LogP contribution in [-0.2, 0) is 4.79 Å². The van der Waals surface area contributed by atoms with Crippen LogP contribution in [0.5, 0.6) is 11.5 Å². The zero-order chi connectivity index (χ0) is 13.5. The first kappa shape index (κ1) is 14.0. The third kappa shape index (κ3) is 3.48. The van der Waals surface area contributed by atoms with Gasteiger partial charge >= 0.3 is 0 Å². The van der Waals surface area contributed by atoms with Gasteiger partial charge in [-0.05, 0) is 12.1 Å². The number of aldehydes is 1. The Balaban J connectivity index is 2.71. The molecule has 1 rings (SSSR count). The molecule has 5 heteroatoms. The van der Waals surface area contributed by atoms with Crippen molar-refractivity contribution in [2.24, 2.45) is 0 Å². The fraction of sp³-hybridized carbons (Fsp3) is 0.385. The second kappa shape index (κ2) is 6.64. The zero-order valence-electron chi connectivity index (χ0n) is 10.8. The normalized spacial score (nSPS) is 9.72. The first-order valence-corrected chi connectivity index (χ1v) is 5.56. The number of benzene rings is 1. The van der Waals surface area contributed by atoms with Crippen molar-refractivity contribution in [2.75, 3.05) is 27.3 Å². The fourth-order valence-corrected chi connectivity index (χ4v) is 1.38. The molecule has 0 unspecified atom stereocenters. The molecule has 0 aliphatic heterocycles. The SMILES string of the molecule is COc1cccc(C=O)c1OCCN(C)C(C)=O. The van der Waals surface area contributed by atoms with E-state index in [2.05, 4.69) is 0 Å². The summed E-state index contributed by atoms with van der Waals surface area (Å²) >= 11 is 0. The summed E-state index contributed by atoms with van der Waals surface area (Å²) in [5, 5.41) is 0. The first-order chi connectivity index (χ1) is 8.60. The number of carbonyl (C=O) groups excluding carboxylic acids is 2. The van der Waals surface area contributed by atoms with E-state index in [1.165, 1.54) is 18.9 Å². The van der Waals surface area contributed by atoms with E-state index in [1.54, 1.807) is 25.2 Å². The summed E-state index contributed by atoms with van der Waals surface area (Å²) in [6, 6.07) is 5.09. The molecular formula is C13H17NO4. The molecule has 0 spiro atoms. The molecular weight excluding hydrogens is 234 g/mol. The molecule has 0 N–H and O–H groups in total. The summed E-state index contributed by atoms with van der Waals surface area (Å²) in [5.74, 6) is 0.881. The van der Waals surface area contributed by atoms with Crippen molar-refractivity contribution in [3.8, 4) is 11.5 Å². The number of hydrogen-bond donors (Lipinski definition) is 0. The van der Waals surface area contributed by atoms with Crippen molar-refractivity contribution >= 4 is 12.2 Å². The van der Waals surface area contributed by atoms with Crippen molar-refractivity contribution in [1.29, 1.82) is 0 Å². The van der Waals surface area contributed by atoms with Crippen LogP contribution in [0.3, 0.4) is 0 Å². The van der Waals surface area contributed by atoms with Crippen LogP contribution in [0.4, 0.5) is 0 Å². The standard InChI is InChI=1S/C13H17NO4/c1-10(16)14(2)7-8-18-13-11(9-15)5-4-6-12(13)17-3/h4-6,9H,7-8H2,1-3H3. The monoisotopic (exact) mass is 251 g/mol. The average Bonchev–Trinajstić information content (AvgIpc) is 2.38. The van der Waals surface area contributed by atoms with Gasteiger partial charge in [0.15, 0.2) is 17.8 Å². The molecule has 1 aromatic rings. The number of hydrogen-bond acceptors (Lipinski definition) is 4. The molecule has 0 aromatic heterocycles. The second-order valence-electron chi connectivity index (χ2n) is 3.79. The lowest BCUT2D eigenvalue weighted by molar-refractivity contribution is -0.127. The topological polar surface area (TPSA) is 55.8 Å². The average molecular weight is 251 g/mol. The highest BCUT2D eigenvalue weighted by atomic mass is 16.5. The highest BCUT2D eigenvalue weighted by molar-refractivity contribution is 5.81. The number of rotatable bonds is 6. The van der Waals surface area contributed by atoms with Crippen LogP contribution in [0, 0.1) is 0 Å². The number of para-hydroxylation sites is 1. The number of likely N-dealkylation sites (N-methyl/N-ethyl adjacent to an activating group) is 1. The van der Waals surface area contributed by atoms with Crippen LogP contribution in [-0.4, -0.2) is 44.4 Å². The largest absolute Gasteiger partial charge is 0.493 e. The Labute approximate surface area is 106 Å². The van der Waals surface area contributed by atoms with Crippen LogP contribution in [0.25, 0.3) is 0 Å². The quantitative estimate of drug-likeness (QED) is 0.716. The Morgan fingerprint density at radius 1 is 1.44 bits per heavy atom. The van der Waals surface area contributed by atoms with E-state index in [9.17, 15) is 9.59 Å². The van der Waals surface area contributed by atoms with E-state index in [1.807, 2.05) is 0 Å². The van der Waals surface area contributed by atoms with Crippen LogP contribution in [0.2, 0.25) is 0 Å². The highest BCUT2D eigenvalue weighted by Crippen LogP contribution is 2.29. The molecule has 5 nitrogen and oxygen atoms in total. The van der Waals surface area contributed by atoms with Crippen molar-refractivity contribution in [3.63, 3.8) is 0 Å². The lowest BCUT2D eigenvalue weighted by Gasteiger charge is -2.17. The van der Waals surface area contributed by atoms with Gasteiger partial charge in [0.25, 0.3) is 0 Å². The third-order valence-corrected chi connectivity index (χ3v) is 2.57. The van der Waals surface area contributed by atoms with Gasteiger partial charge in [-0.1, -0.05) is 6.07 Å². The van der Waals surface area contributed by atoms with Gasteiger partial charge in [-0.2, -0.15) is 0 Å². The third-order valence-electron chi connectivity index (χ3n) is 2.57. The molecule has 1 aromatic carbocycles. The predicted octanol–water partition coefficient (Wildman–Crippen LogP) is 1.36. The van der Waals surface area contributed by atoms with Crippen LogP contribution >= 0.6 is 0 Å². The Morgan fingerprint density at radius 2 is 2.17 bits per heavy atom. The number of methoxy groups -OCH3 is 1. The minimum Gasteiger partial charge on any atom is -0.493 e. The van der Waals surface area contributed by atoms with Crippen LogP contribution in [0.1, 0.15) is 17.3 Å². The Morgan fingerprint density at radius 3 is 2.72 bits per heavy atom. The van der Waals surface area contributed by atoms with E-state index in [0.29, 0.717) is 36.5 Å². The van der Waals surface area contributed by atoms with Gasteiger partial charge in [0.2, 0.25) is 5.91 Å². The predicted molar refractivity (Wildman–Crippen MR) is 67.2 cm³/mol. The summed E-state index contributed by atoms with van der Waals surface area (Å²) in [7, 11) is 3.20. The highest BCUT2D eigenvalue weighted by Gasteiger charge is 2.10. The van der Waals surface area contributed by atoms with Crippen molar-refractivity contribution in [3.05, 3.63) is 23.8 Å². The summed E-state index contributed by atoms with van der Waals surface area (Å²) in [6.07, 6.45) is 0.715. The van der Waals surface area contributed by atoms with E-state index in [-0.39, 0.29) is 5.91 Å². The molecule has 0 bridgehead atoms. The maximum atomic E-state index is 11.0. The molecule has 0 saturated carbocycles. The Bertz CT molecular complexity index is 431. The van der Waals surface area contributed by atoms with E-state index in [0.717, 1.165) is 0 Å². The molecule has 98 valence electrons. The van der Waals surface area contributed by atoms with Crippen molar-refractivity contribution in [1.82, 2.24) is 4.90 Å². The molecule has 0 fully saturated rings. The maximum absolute atomic E-state index is 11.0. The molecule has 0 aliphatic rings. The van der Waals surface area contributed by atoms with Crippen LogP contribution in [0.15, 0.2) is 18.2 Å². The summed E-state index contributed by atoms with van der Waals surface area (Å²) in [4.78, 5) is 23.5. The Kier molecular flexibility index (Phi) is 5.17. The van der Waals surface area contributed by atoms with Crippen molar-refractivity contribution < 1.29 is 19.1 Å². The maximum Gasteiger partial charge on any atom is 0.219 e. The van der Waals surface area contributed by atoms with Crippen molar-refractivity contribution in [2.45, 2.75) is 6.92 Å². The lowest BCUT2D eigenvalue weighted by Crippen LogP contribution is -2.28. The molecule has 0 heterocycles. The van der Waals surface area contributed by atoms with E-state index in [4.69, 9.17) is 9.47 Å². The van der Waals surface area contributed by atoms with Gasteiger partial charge in [-0.25, -0.2) is 0 Å². The summed E-state index contributed by atoms with van der Waals surface area (Å²) < 4.78 is 10.6. The smallest absolute Gasteiger partial charge is 0.219 e. The molecule has 0 aliphatic carbocycles. The molecule has 0 atom stereocenters. The molecule has 0 radical (unpaired) electrons. The first-order valence-electron chi connectivity index (χ1n) is 5.56. The van der Waals surface area contributed by atoms with Crippen LogP contribution < -0.4 is 9.47 Å². The minimum absolute atomic E-state index is 0.0331. The van der Waals surface area contributed by atoms with Gasteiger partial charge in [-0.15, -0.1) is 0 Å². The summed E-state index contributed by atoms with van der Waals surface area (Å²) in [5.41, 5.74) is 0.430. The molecule has 0 saturated heterocycles. The van der Waals surface area contributed by atoms with Gasteiger partial charge in [-0.3, -0.25) is 9.59 Å². The van der Waals surface area contributed by atoms with E-state index < -0.39 is 0 Å². The minimum atomic E-state index is -0.0331. The summed E-state index contributed by atoms with van der Waals surface area (Å²) in [6.45, 7) is 2.24. The number of carbonyl (C=O) groups is 2. The lowest BCUT2D eigenvalue weighted by atomic mass is 10.2. The second-order valence-corrected chi connectivity index (χ2v) is 3.79. The molecule has 18 heavy (non-hydrogen) atoms. The van der Waals surface area contributed by atoms with E-state index >= 15 is 0 Å². The fourth-order valence-electron chi connectivity index (χ4n) is 1.38. The number of nitrogens with zero attached hydrogens (tertiary/aromatic N) is 1. The molecule has 1 amide bonds. The van der Waals surface area contributed by atoms with Gasteiger partial charge in [0, 0.05) is 14.0 Å².